The summed E-state index contributed by atoms with van der Waals surface area (Å²) >= 11 is 0. The number of nitrogens with zero attached hydrogens (tertiary/aromatic N) is 1. The second-order valence-corrected chi connectivity index (χ2v) is 4.22. The van der Waals surface area contributed by atoms with Gasteiger partial charge in [0.15, 0.2) is 0 Å². The Bertz CT molecular complexity index is 629. The standard InChI is InChI=1S/C14H15N3O3/c1-20-8-9-3-2-4-10(5-9)17-13-6-11(14(18)19)12(15)7-16-13/h2-7H,8,15H2,1H3,(H,16,17)(H,18,19). The van der Waals surface area contributed by atoms with Crippen LogP contribution in [0.15, 0.2) is 36.5 Å². The van der Waals surface area contributed by atoms with E-state index in [1.807, 2.05) is 24.3 Å². The van der Waals surface area contributed by atoms with Gasteiger partial charge in [0.25, 0.3) is 0 Å². The van der Waals surface area contributed by atoms with E-state index in [2.05, 4.69) is 10.3 Å². The molecular formula is C14H15N3O3. The molecule has 4 N–H and O–H groups in total. The Morgan fingerprint density at radius 1 is 1.45 bits per heavy atom. The average molecular weight is 273 g/mol. The number of aromatic carboxylic acids is 1. The number of nitrogens with two attached hydrogens (primary N) is 1. The minimum absolute atomic E-state index is 0.0237. The van der Waals surface area contributed by atoms with E-state index in [4.69, 9.17) is 15.6 Å². The molecule has 0 saturated heterocycles. The summed E-state index contributed by atoms with van der Waals surface area (Å²) in [4.78, 5) is 15.1. The van der Waals surface area contributed by atoms with Crippen LogP contribution >= 0.6 is 0 Å². The molecule has 2 rings (SSSR count). The van der Waals surface area contributed by atoms with Gasteiger partial charge >= 0.3 is 5.97 Å². The average Bonchev–Trinajstić information content (AvgIpc) is 2.41. The van der Waals surface area contributed by atoms with Gasteiger partial charge in [-0.25, -0.2) is 9.78 Å². The zero-order valence-corrected chi connectivity index (χ0v) is 11.0. The van der Waals surface area contributed by atoms with Crippen molar-refractivity contribution in [1.82, 2.24) is 4.98 Å². The van der Waals surface area contributed by atoms with Gasteiger partial charge in [0.05, 0.1) is 24.1 Å². The van der Waals surface area contributed by atoms with E-state index in [9.17, 15) is 4.79 Å². The smallest absolute Gasteiger partial charge is 0.337 e. The lowest BCUT2D eigenvalue weighted by atomic mass is 10.2. The van der Waals surface area contributed by atoms with E-state index in [0.717, 1.165) is 11.3 Å². The lowest BCUT2D eigenvalue weighted by molar-refractivity contribution is 0.0698. The van der Waals surface area contributed by atoms with Crippen LogP contribution in [-0.2, 0) is 11.3 Å². The molecule has 0 aliphatic heterocycles. The maximum Gasteiger partial charge on any atom is 0.337 e. The van der Waals surface area contributed by atoms with E-state index in [1.165, 1.54) is 12.3 Å². The number of rotatable bonds is 5. The number of pyridine rings is 1. The number of nitrogens with one attached hydrogen (secondary N) is 1. The highest BCUT2D eigenvalue weighted by molar-refractivity contribution is 5.94. The van der Waals surface area contributed by atoms with Crippen molar-refractivity contribution >= 4 is 23.2 Å². The number of anilines is 3. The van der Waals surface area contributed by atoms with E-state index in [0.29, 0.717) is 12.4 Å². The Labute approximate surface area is 116 Å². The summed E-state index contributed by atoms with van der Waals surface area (Å²) < 4.78 is 5.06. The monoisotopic (exact) mass is 273 g/mol. The second kappa shape index (κ2) is 6.03. The summed E-state index contributed by atoms with van der Waals surface area (Å²) in [6.07, 6.45) is 1.32. The summed E-state index contributed by atoms with van der Waals surface area (Å²) in [6, 6.07) is 8.99. The van der Waals surface area contributed by atoms with Gasteiger partial charge in [-0.05, 0) is 23.8 Å². The molecule has 6 heteroatoms. The number of aromatic nitrogens is 1. The van der Waals surface area contributed by atoms with Crippen LogP contribution < -0.4 is 11.1 Å². The maximum atomic E-state index is 11.0. The summed E-state index contributed by atoms with van der Waals surface area (Å²) in [6.45, 7) is 0.505. The van der Waals surface area contributed by atoms with Crippen LogP contribution in [0.5, 0.6) is 0 Å². The van der Waals surface area contributed by atoms with Crippen molar-refractivity contribution in [3.63, 3.8) is 0 Å². The molecule has 0 bridgehead atoms. The molecule has 1 aromatic heterocycles. The molecule has 0 aliphatic carbocycles. The molecule has 1 aromatic carbocycles. The van der Waals surface area contributed by atoms with Crippen molar-refractivity contribution in [3.8, 4) is 0 Å². The van der Waals surface area contributed by atoms with Crippen LogP contribution in [0, 0.1) is 0 Å². The lowest BCUT2D eigenvalue weighted by Crippen LogP contribution is -2.05. The number of benzene rings is 1. The fourth-order valence-corrected chi connectivity index (χ4v) is 1.77. The minimum atomic E-state index is -1.08. The van der Waals surface area contributed by atoms with Gasteiger partial charge in [0.2, 0.25) is 0 Å². The molecule has 0 unspecified atom stereocenters. The minimum Gasteiger partial charge on any atom is -0.478 e. The maximum absolute atomic E-state index is 11.0. The molecule has 0 saturated carbocycles. The number of methoxy groups -OCH3 is 1. The zero-order chi connectivity index (χ0) is 14.5. The molecule has 104 valence electrons. The van der Waals surface area contributed by atoms with Crippen LogP contribution in [0.1, 0.15) is 15.9 Å². The van der Waals surface area contributed by atoms with Crippen LogP contribution in [0.25, 0.3) is 0 Å². The fraction of sp³-hybridized carbons (Fsp3) is 0.143. The third-order valence-electron chi connectivity index (χ3n) is 2.68. The van der Waals surface area contributed by atoms with Gasteiger partial charge in [-0.3, -0.25) is 0 Å². The first-order chi connectivity index (χ1) is 9.60. The van der Waals surface area contributed by atoms with Crippen LogP contribution in [0.3, 0.4) is 0 Å². The Kier molecular flexibility index (Phi) is 4.17. The number of carboxylic acids is 1. The fourth-order valence-electron chi connectivity index (χ4n) is 1.77. The zero-order valence-electron chi connectivity index (χ0n) is 11.0. The van der Waals surface area contributed by atoms with Gasteiger partial charge in [-0.15, -0.1) is 0 Å². The first kappa shape index (κ1) is 13.8. The third kappa shape index (κ3) is 3.24. The number of carboxylic acid groups (broad SMARTS) is 1. The highest BCUT2D eigenvalue weighted by Gasteiger charge is 2.09. The Balaban J connectivity index is 2.23. The van der Waals surface area contributed by atoms with Crippen LogP contribution in [0.2, 0.25) is 0 Å². The highest BCUT2D eigenvalue weighted by atomic mass is 16.5. The van der Waals surface area contributed by atoms with Crippen molar-refractivity contribution < 1.29 is 14.6 Å². The van der Waals surface area contributed by atoms with Gasteiger partial charge in [0.1, 0.15) is 5.82 Å². The van der Waals surface area contributed by atoms with E-state index < -0.39 is 5.97 Å². The first-order valence-corrected chi connectivity index (χ1v) is 5.94. The molecule has 0 fully saturated rings. The topological polar surface area (TPSA) is 97.5 Å². The number of hydrogen-bond donors (Lipinski definition) is 3. The number of hydrogen-bond acceptors (Lipinski definition) is 5. The molecule has 2 aromatic rings. The summed E-state index contributed by atoms with van der Waals surface area (Å²) in [5.41, 5.74) is 7.52. The summed E-state index contributed by atoms with van der Waals surface area (Å²) in [5.74, 6) is -0.660. The van der Waals surface area contributed by atoms with Crippen molar-refractivity contribution in [2.24, 2.45) is 0 Å². The summed E-state index contributed by atoms with van der Waals surface area (Å²) in [7, 11) is 1.63. The third-order valence-corrected chi connectivity index (χ3v) is 2.68. The van der Waals surface area contributed by atoms with E-state index in [-0.39, 0.29) is 11.3 Å². The SMILES string of the molecule is COCc1cccc(Nc2cc(C(=O)O)c(N)cn2)c1. The summed E-state index contributed by atoms with van der Waals surface area (Å²) in [5, 5.41) is 12.1. The van der Waals surface area contributed by atoms with Gasteiger partial charge in [0, 0.05) is 12.8 Å². The predicted molar refractivity (Wildman–Crippen MR) is 76.0 cm³/mol. The number of carbonyl (C=O) groups is 1. The number of ether oxygens (including phenoxy) is 1. The number of nitrogen functional groups attached to an aromatic ring is 1. The molecule has 0 radical (unpaired) electrons. The first-order valence-electron chi connectivity index (χ1n) is 5.94. The molecular weight excluding hydrogens is 258 g/mol. The van der Waals surface area contributed by atoms with Crippen LogP contribution in [-0.4, -0.2) is 23.2 Å². The Hall–Kier alpha value is -2.60. The molecule has 0 amide bonds. The molecule has 0 aliphatic rings. The molecule has 20 heavy (non-hydrogen) atoms. The lowest BCUT2D eigenvalue weighted by Gasteiger charge is -2.09. The van der Waals surface area contributed by atoms with E-state index >= 15 is 0 Å². The molecule has 6 nitrogen and oxygen atoms in total. The van der Waals surface area contributed by atoms with Crippen molar-refractivity contribution in [3.05, 3.63) is 47.7 Å². The van der Waals surface area contributed by atoms with E-state index in [1.54, 1.807) is 7.11 Å². The van der Waals surface area contributed by atoms with Gasteiger partial charge in [-0.1, -0.05) is 12.1 Å². The Morgan fingerprint density at radius 2 is 2.25 bits per heavy atom. The normalized spacial score (nSPS) is 10.2. The van der Waals surface area contributed by atoms with Crippen molar-refractivity contribution in [1.29, 1.82) is 0 Å². The van der Waals surface area contributed by atoms with Crippen molar-refractivity contribution in [2.75, 3.05) is 18.2 Å². The van der Waals surface area contributed by atoms with Crippen molar-refractivity contribution in [2.45, 2.75) is 6.61 Å². The largest absolute Gasteiger partial charge is 0.478 e. The highest BCUT2D eigenvalue weighted by Crippen LogP contribution is 2.20. The molecule has 0 spiro atoms. The van der Waals surface area contributed by atoms with Crippen LogP contribution in [0.4, 0.5) is 17.2 Å². The molecule has 0 atom stereocenters. The van der Waals surface area contributed by atoms with Gasteiger partial charge < -0.3 is 20.9 Å². The Morgan fingerprint density at radius 3 is 2.95 bits per heavy atom. The molecule has 1 heterocycles. The van der Waals surface area contributed by atoms with Gasteiger partial charge in [-0.2, -0.15) is 0 Å². The quantitative estimate of drug-likeness (QED) is 0.773. The second-order valence-electron chi connectivity index (χ2n) is 4.22. The predicted octanol–water partition coefficient (Wildman–Crippen LogP) is 2.25.